The predicted octanol–water partition coefficient (Wildman–Crippen LogP) is 3.96. The maximum atomic E-state index is 12.1. The van der Waals surface area contributed by atoms with Crippen LogP contribution >= 0.6 is 15.9 Å². The molecule has 0 spiro atoms. The van der Waals surface area contributed by atoms with E-state index in [1.807, 2.05) is 31.2 Å². The van der Waals surface area contributed by atoms with Crippen LogP contribution < -0.4 is 5.56 Å². The summed E-state index contributed by atoms with van der Waals surface area (Å²) in [6.07, 6.45) is 0. The van der Waals surface area contributed by atoms with Crippen LogP contribution in [0.4, 0.5) is 0 Å². The lowest BCUT2D eigenvalue weighted by molar-refractivity contribution is 0.0470. The zero-order valence-corrected chi connectivity index (χ0v) is 14.0. The number of hydrogen-bond donors (Lipinski definition) is 1. The first-order chi connectivity index (χ1) is 11.0. The molecule has 0 aliphatic rings. The Morgan fingerprint density at radius 1 is 1.17 bits per heavy atom. The molecule has 0 unspecified atom stereocenters. The van der Waals surface area contributed by atoms with Crippen LogP contribution in [0.5, 0.6) is 0 Å². The third-order valence-electron chi connectivity index (χ3n) is 3.53. The highest BCUT2D eigenvalue weighted by Gasteiger charge is 2.12. The maximum absolute atomic E-state index is 12.1. The van der Waals surface area contributed by atoms with Crippen LogP contribution in [0.25, 0.3) is 10.9 Å². The van der Waals surface area contributed by atoms with Gasteiger partial charge in [0.15, 0.2) is 0 Å². The second-order valence-corrected chi connectivity index (χ2v) is 6.12. The fourth-order valence-electron chi connectivity index (χ4n) is 2.32. The van der Waals surface area contributed by atoms with E-state index in [2.05, 4.69) is 20.9 Å². The summed E-state index contributed by atoms with van der Waals surface area (Å²) in [5, 5.41) is 0.905. The molecule has 0 fully saturated rings. The summed E-state index contributed by atoms with van der Waals surface area (Å²) in [7, 11) is 0. The molecule has 1 aromatic heterocycles. The lowest BCUT2D eigenvalue weighted by atomic mass is 10.1. The van der Waals surface area contributed by atoms with Gasteiger partial charge in [-0.3, -0.25) is 4.79 Å². The van der Waals surface area contributed by atoms with Crippen LogP contribution in [-0.2, 0) is 11.3 Å². The summed E-state index contributed by atoms with van der Waals surface area (Å²) in [4.78, 5) is 27.0. The second-order valence-electron chi connectivity index (χ2n) is 5.27. The second kappa shape index (κ2) is 6.38. The Morgan fingerprint density at radius 2 is 1.96 bits per heavy atom. The summed E-state index contributed by atoms with van der Waals surface area (Å²) >= 11 is 3.31. The summed E-state index contributed by atoms with van der Waals surface area (Å²) in [5.74, 6) is -0.471. The van der Waals surface area contributed by atoms with Gasteiger partial charge in [0, 0.05) is 9.99 Å². The van der Waals surface area contributed by atoms with E-state index in [1.165, 1.54) is 0 Å². The minimum atomic E-state index is -0.471. The molecule has 0 aliphatic heterocycles. The normalized spacial score (nSPS) is 10.7. The number of benzene rings is 2. The average Bonchev–Trinajstić information content (AvgIpc) is 2.53. The Labute approximate surface area is 141 Å². The number of hydrogen-bond acceptors (Lipinski definition) is 3. The van der Waals surface area contributed by atoms with Crippen molar-refractivity contribution in [2.24, 2.45) is 0 Å². The fraction of sp³-hybridized carbons (Fsp3) is 0.111. The zero-order chi connectivity index (χ0) is 16.4. The number of carbonyl (C=O) groups excluding carboxylic acids is 1. The van der Waals surface area contributed by atoms with Crippen LogP contribution in [-0.4, -0.2) is 11.0 Å². The van der Waals surface area contributed by atoms with Gasteiger partial charge in [0.2, 0.25) is 0 Å². The minimum Gasteiger partial charge on any atom is -0.457 e. The number of aryl methyl sites for hydroxylation is 1. The van der Waals surface area contributed by atoms with Crippen molar-refractivity contribution in [3.05, 3.63) is 80.0 Å². The molecule has 5 heteroatoms. The van der Waals surface area contributed by atoms with Crippen LogP contribution in [0.3, 0.4) is 0 Å². The Hall–Kier alpha value is -2.40. The number of aromatic amines is 1. The number of H-pyrrole nitrogens is 1. The van der Waals surface area contributed by atoms with E-state index >= 15 is 0 Å². The van der Waals surface area contributed by atoms with E-state index < -0.39 is 5.97 Å². The van der Waals surface area contributed by atoms with Gasteiger partial charge < -0.3 is 9.72 Å². The molecule has 1 heterocycles. The molecule has 0 amide bonds. The third kappa shape index (κ3) is 3.35. The first-order valence-corrected chi connectivity index (χ1v) is 7.88. The Kier molecular flexibility index (Phi) is 4.30. The van der Waals surface area contributed by atoms with Crippen LogP contribution in [0.1, 0.15) is 21.5 Å². The lowest BCUT2D eigenvalue weighted by Crippen LogP contribution is -2.15. The van der Waals surface area contributed by atoms with E-state index in [-0.39, 0.29) is 12.2 Å². The van der Waals surface area contributed by atoms with E-state index in [1.54, 1.807) is 24.3 Å². The number of fused-ring (bicyclic) bond motifs is 1. The van der Waals surface area contributed by atoms with Crippen molar-refractivity contribution in [1.82, 2.24) is 4.98 Å². The highest BCUT2D eigenvalue weighted by Crippen LogP contribution is 2.18. The predicted molar refractivity (Wildman–Crippen MR) is 92.6 cm³/mol. The monoisotopic (exact) mass is 371 g/mol. The van der Waals surface area contributed by atoms with Crippen molar-refractivity contribution in [3.8, 4) is 0 Å². The topological polar surface area (TPSA) is 59.2 Å². The van der Waals surface area contributed by atoms with Gasteiger partial charge in [0.25, 0.3) is 5.56 Å². The van der Waals surface area contributed by atoms with Crippen molar-refractivity contribution in [1.29, 1.82) is 0 Å². The number of rotatable bonds is 3. The fourth-order valence-corrected chi connectivity index (χ4v) is 2.76. The van der Waals surface area contributed by atoms with Gasteiger partial charge in [0.05, 0.1) is 11.1 Å². The molecule has 0 saturated carbocycles. The first kappa shape index (κ1) is 15.5. The van der Waals surface area contributed by atoms with Crippen molar-refractivity contribution in [2.75, 3.05) is 0 Å². The lowest BCUT2D eigenvalue weighted by Gasteiger charge is -2.07. The van der Waals surface area contributed by atoms with E-state index in [0.29, 0.717) is 15.6 Å². The van der Waals surface area contributed by atoms with Gasteiger partial charge >= 0.3 is 5.97 Å². The minimum absolute atomic E-state index is 0.0701. The van der Waals surface area contributed by atoms with Gasteiger partial charge in [0.1, 0.15) is 6.61 Å². The maximum Gasteiger partial charge on any atom is 0.339 e. The van der Waals surface area contributed by atoms with Gasteiger partial charge in [-0.1, -0.05) is 24.3 Å². The van der Waals surface area contributed by atoms with Crippen LogP contribution in [0.15, 0.2) is 57.8 Å². The molecule has 0 saturated heterocycles. The molecule has 116 valence electrons. The molecule has 0 radical (unpaired) electrons. The number of aromatic nitrogens is 1. The van der Waals surface area contributed by atoms with Crippen LogP contribution in [0, 0.1) is 6.92 Å². The number of ether oxygens (including phenoxy) is 1. The van der Waals surface area contributed by atoms with Gasteiger partial charge in [-0.2, -0.15) is 0 Å². The van der Waals surface area contributed by atoms with E-state index in [4.69, 9.17) is 4.74 Å². The number of carbonyl (C=O) groups is 1. The first-order valence-electron chi connectivity index (χ1n) is 7.09. The molecule has 0 atom stereocenters. The summed E-state index contributed by atoms with van der Waals surface area (Å²) < 4.78 is 5.92. The quantitative estimate of drug-likeness (QED) is 0.708. The Morgan fingerprint density at radius 3 is 2.74 bits per heavy atom. The Bertz CT molecular complexity index is 946. The number of esters is 1. The molecule has 4 nitrogen and oxygen atoms in total. The third-order valence-corrected chi connectivity index (χ3v) is 4.22. The number of nitrogens with one attached hydrogen (secondary N) is 1. The molecular formula is C18H14BrNO3. The van der Waals surface area contributed by atoms with Crippen molar-refractivity contribution >= 4 is 32.8 Å². The van der Waals surface area contributed by atoms with Gasteiger partial charge in [-0.15, -0.1) is 0 Å². The molecule has 0 aliphatic carbocycles. The molecule has 3 aromatic rings. The van der Waals surface area contributed by atoms with Crippen molar-refractivity contribution < 1.29 is 9.53 Å². The Balaban J connectivity index is 1.83. The SMILES string of the molecule is Cc1ccc2cc(COC(=O)c3ccccc3Br)c(=O)[nH]c2c1. The standard InChI is InChI=1S/C18H14BrNO3/c1-11-6-7-12-9-13(17(21)20-16(12)8-11)10-23-18(22)14-4-2-3-5-15(14)19/h2-9H,10H2,1H3,(H,20,21). The van der Waals surface area contributed by atoms with Crippen molar-refractivity contribution in [3.63, 3.8) is 0 Å². The average molecular weight is 372 g/mol. The smallest absolute Gasteiger partial charge is 0.339 e. The van der Waals surface area contributed by atoms with Gasteiger partial charge in [-0.25, -0.2) is 4.79 Å². The molecule has 2 aromatic carbocycles. The highest BCUT2D eigenvalue weighted by atomic mass is 79.9. The highest BCUT2D eigenvalue weighted by molar-refractivity contribution is 9.10. The number of pyridine rings is 1. The summed E-state index contributed by atoms with van der Waals surface area (Å²) in [5.41, 5.74) is 2.45. The van der Waals surface area contributed by atoms with Gasteiger partial charge in [-0.05, 0) is 58.1 Å². The van der Waals surface area contributed by atoms with Crippen LogP contribution in [0.2, 0.25) is 0 Å². The van der Waals surface area contributed by atoms with E-state index in [0.717, 1.165) is 16.5 Å². The molecule has 3 rings (SSSR count). The molecule has 1 N–H and O–H groups in total. The molecule has 23 heavy (non-hydrogen) atoms. The molecule has 0 bridgehead atoms. The van der Waals surface area contributed by atoms with E-state index in [9.17, 15) is 9.59 Å². The molecular weight excluding hydrogens is 358 g/mol. The summed E-state index contributed by atoms with van der Waals surface area (Å²) in [6, 6.07) is 14.6. The summed E-state index contributed by atoms with van der Waals surface area (Å²) in [6.45, 7) is 1.89. The largest absolute Gasteiger partial charge is 0.457 e. The zero-order valence-electron chi connectivity index (χ0n) is 12.4. The van der Waals surface area contributed by atoms with Crippen molar-refractivity contribution in [2.45, 2.75) is 13.5 Å². The number of halogens is 1.